The first-order valence-electron chi connectivity index (χ1n) is 5.58. The van der Waals surface area contributed by atoms with Gasteiger partial charge in [-0.2, -0.15) is 0 Å². The zero-order valence-electron chi connectivity index (χ0n) is 9.80. The van der Waals surface area contributed by atoms with E-state index in [9.17, 15) is 0 Å². The molecule has 2 nitrogen and oxygen atoms in total. The van der Waals surface area contributed by atoms with Crippen LogP contribution in [0.15, 0.2) is 53.7 Å². The fraction of sp³-hybridized carbons (Fsp3) is 0.214. The van der Waals surface area contributed by atoms with Crippen LogP contribution in [0.4, 0.5) is 0 Å². The van der Waals surface area contributed by atoms with E-state index in [2.05, 4.69) is 11.1 Å². The van der Waals surface area contributed by atoms with E-state index in [0.29, 0.717) is 6.61 Å². The molecule has 0 aliphatic rings. The van der Waals surface area contributed by atoms with Crippen LogP contribution in [0.1, 0.15) is 5.56 Å². The van der Waals surface area contributed by atoms with Crippen LogP contribution in [-0.4, -0.2) is 17.3 Å². The lowest BCUT2D eigenvalue weighted by atomic mass is 10.3. The number of benzene rings is 1. The van der Waals surface area contributed by atoms with Gasteiger partial charge in [0.05, 0.1) is 11.6 Å². The van der Waals surface area contributed by atoms with Crippen LogP contribution >= 0.6 is 11.8 Å². The highest BCUT2D eigenvalue weighted by Gasteiger charge is 1.96. The third kappa shape index (κ3) is 4.11. The van der Waals surface area contributed by atoms with Gasteiger partial charge in [-0.1, -0.05) is 24.3 Å². The standard InChI is InChI=1S/C14H15NOS/c1-12-7-8-14(15-11-12)17-10-9-16-13-5-3-2-4-6-13/h2-8,11H,9-10H2,1H3. The summed E-state index contributed by atoms with van der Waals surface area (Å²) in [6.07, 6.45) is 1.89. The quantitative estimate of drug-likeness (QED) is 0.594. The number of hydrogen-bond donors (Lipinski definition) is 0. The number of nitrogens with zero attached hydrogens (tertiary/aromatic N) is 1. The zero-order chi connectivity index (χ0) is 11.9. The van der Waals surface area contributed by atoms with E-state index >= 15 is 0 Å². The highest BCUT2D eigenvalue weighted by atomic mass is 32.2. The topological polar surface area (TPSA) is 22.1 Å². The SMILES string of the molecule is Cc1ccc(SCCOc2ccccc2)nc1. The van der Waals surface area contributed by atoms with Gasteiger partial charge in [0.1, 0.15) is 5.75 Å². The van der Waals surface area contributed by atoms with Gasteiger partial charge in [0, 0.05) is 11.9 Å². The molecule has 0 unspecified atom stereocenters. The molecule has 0 saturated heterocycles. The van der Waals surface area contributed by atoms with Crippen LogP contribution in [0.2, 0.25) is 0 Å². The molecule has 0 saturated carbocycles. The summed E-state index contributed by atoms with van der Waals surface area (Å²) in [7, 11) is 0. The second-order valence-electron chi connectivity index (χ2n) is 3.68. The number of rotatable bonds is 5. The molecule has 0 amide bonds. The highest BCUT2D eigenvalue weighted by Crippen LogP contribution is 2.15. The van der Waals surface area contributed by atoms with Gasteiger partial charge in [-0.3, -0.25) is 0 Å². The molecule has 0 fully saturated rings. The van der Waals surface area contributed by atoms with Gasteiger partial charge < -0.3 is 4.74 Å². The van der Waals surface area contributed by atoms with Gasteiger partial charge in [0.15, 0.2) is 0 Å². The fourth-order valence-electron chi connectivity index (χ4n) is 1.36. The highest BCUT2D eigenvalue weighted by molar-refractivity contribution is 7.99. The van der Waals surface area contributed by atoms with Crippen molar-refractivity contribution in [3.05, 3.63) is 54.2 Å². The summed E-state index contributed by atoms with van der Waals surface area (Å²) in [4.78, 5) is 4.33. The van der Waals surface area contributed by atoms with Crippen molar-refractivity contribution < 1.29 is 4.74 Å². The van der Waals surface area contributed by atoms with Crippen molar-refractivity contribution in [1.29, 1.82) is 0 Å². The van der Waals surface area contributed by atoms with Crippen LogP contribution in [-0.2, 0) is 0 Å². The summed E-state index contributed by atoms with van der Waals surface area (Å²) in [6.45, 7) is 2.74. The van der Waals surface area contributed by atoms with E-state index in [1.54, 1.807) is 11.8 Å². The van der Waals surface area contributed by atoms with Crippen LogP contribution in [0.5, 0.6) is 5.75 Å². The van der Waals surface area contributed by atoms with Crippen LogP contribution in [0.3, 0.4) is 0 Å². The second-order valence-corrected chi connectivity index (χ2v) is 4.80. The zero-order valence-corrected chi connectivity index (χ0v) is 10.6. The first-order chi connectivity index (χ1) is 8.34. The number of pyridine rings is 1. The van der Waals surface area contributed by atoms with E-state index in [-0.39, 0.29) is 0 Å². The molecule has 2 aromatic rings. The Morgan fingerprint density at radius 3 is 2.65 bits per heavy atom. The van der Waals surface area contributed by atoms with Crippen molar-refractivity contribution in [3.8, 4) is 5.75 Å². The van der Waals surface area contributed by atoms with Gasteiger partial charge in [0.25, 0.3) is 0 Å². The minimum Gasteiger partial charge on any atom is -0.493 e. The van der Waals surface area contributed by atoms with Gasteiger partial charge in [-0.05, 0) is 30.7 Å². The Balaban J connectivity index is 1.71. The molecule has 88 valence electrons. The van der Waals surface area contributed by atoms with Crippen molar-refractivity contribution in [3.63, 3.8) is 0 Å². The summed E-state index contributed by atoms with van der Waals surface area (Å²) in [5, 5.41) is 1.05. The Morgan fingerprint density at radius 2 is 1.94 bits per heavy atom. The lowest BCUT2D eigenvalue weighted by Gasteiger charge is -2.05. The maximum atomic E-state index is 5.60. The van der Waals surface area contributed by atoms with Gasteiger partial charge >= 0.3 is 0 Å². The number of para-hydroxylation sites is 1. The molecule has 0 spiro atoms. The Bertz CT molecular complexity index is 442. The first kappa shape index (κ1) is 12.0. The molecule has 17 heavy (non-hydrogen) atoms. The number of ether oxygens (including phenoxy) is 1. The van der Waals surface area contributed by atoms with Crippen LogP contribution in [0, 0.1) is 6.92 Å². The monoisotopic (exact) mass is 245 g/mol. The Kier molecular flexibility index (Phi) is 4.45. The predicted molar refractivity (Wildman–Crippen MR) is 71.6 cm³/mol. The van der Waals surface area contributed by atoms with Crippen molar-refractivity contribution >= 4 is 11.8 Å². The molecule has 0 atom stereocenters. The largest absolute Gasteiger partial charge is 0.493 e. The smallest absolute Gasteiger partial charge is 0.119 e. The predicted octanol–water partition coefficient (Wildman–Crippen LogP) is 3.56. The third-order valence-corrected chi connectivity index (χ3v) is 3.14. The Morgan fingerprint density at radius 1 is 1.12 bits per heavy atom. The first-order valence-corrected chi connectivity index (χ1v) is 6.56. The molecule has 0 N–H and O–H groups in total. The van der Waals surface area contributed by atoms with Crippen LogP contribution < -0.4 is 4.74 Å². The molecule has 0 aliphatic carbocycles. The van der Waals surface area contributed by atoms with E-state index < -0.39 is 0 Å². The lowest BCUT2D eigenvalue weighted by molar-refractivity contribution is 0.344. The molecule has 1 aromatic carbocycles. The molecule has 0 aliphatic heterocycles. The number of aromatic nitrogens is 1. The molecule has 0 radical (unpaired) electrons. The molecular weight excluding hydrogens is 230 g/mol. The summed E-state index contributed by atoms with van der Waals surface area (Å²) in [5.41, 5.74) is 1.19. The Hall–Kier alpha value is -1.48. The van der Waals surface area contributed by atoms with E-state index in [1.165, 1.54) is 5.56 Å². The van der Waals surface area contributed by atoms with Crippen molar-refractivity contribution in [1.82, 2.24) is 4.98 Å². The second kappa shape index (κ2) is 6.30. The van der Waals surface area contributed by atoms with Crippen molar-refractivity contribution in [2.45, 2.75) is 11.9 Å². The van der Waals surface area contributed by atoms with E-state index in [0.717, 1.165) is 16.5 Å². The number of thioether (sulfide) groups is 1. The van der Waals surface area contributed by atoms with Gasteiger partial charge in [-0.25, -0.2) is 4.98 Å². The Labute approximate surface area is 106 Å². The summed E-state index contributed by atoms with van der Waals surface area (Å²) in [6, 6.07) is 14.0. The normalized spacial score (nSPS) is 10.2. The van der Waals surface area contributed by atoms with Gasteiger partial charge in [-0.15, -0.1) is 11.8 Å². The summed E-state index contributed by atoms with van der Waals surface area (Å²) < 4.78 is 5.60. The van der Waals surface area contributed by atoms with Crippen LogP contribution in [0.25, 0.3) is 0 Å². The minimum absolute atomic E-state index is 0.699. The summed E-state index contributed by atoms with van der Waals surface area (Å²) >= 11 is 1.71. The average Bonchev–Trinajstić information content (AvgIpc) is 2.38. The summed E-state index contributed by atoms with van der Waals surface area (Å²) in [5.74, 6) is 1.83. The van der Waals surface area contributed by atoms with Crippen molar-refractivity contribution in [2.24, 2.45) is 0 Å². The molecule has 1 aromatic heterocycles. The molecule has 3 heteroatoms. The molecular formula is C14H15NOS. The van der Waals surface area contributed by atoms with E-state index in [1.807, 2.05) is 49.5 Å². The average molecular weight is 245 g/mol. The minimum atomic E-state index is 0.699. The third-order valence-electron chi connectivity index (χ3n) is 2.23. The van der Waals surface area contributed by atoms with Crippen molar-refractivity contribution in [2.75, 3.05) is 12.4 Å². The number of hydrogen-bond acceptors (Lipinski definition) is 3. The molecule has 1 heterocycles. The maximum absolute atomic E-state index is 5.60. The maximum Gasteiger partial charge on any atom is 0.119 e. The molecule has 2 rings (SSSR count). The molecule has 0 bridgehead atoms. The van der Waals surface area contributed by atoms with Gasteiger partial charge in [0.2, 0.25) is 0 Å². The van der Waals surface area contributed by atoms with E-state index in [4.69, 9.17) is 4.74 Å². The fourth-order valence-corrected chi connectivity index (χ4v) is 2.03. The number of aryl methyl sites for hydroxylation is 1. The lowest BCUT2D eigenvalue weighted by Crippen LogP contribution is -2.00.